The summed E-state index contributed by atoms with van der Waals surface area (Å²) in [5.41, 5.74) is 3.41. The van der Waals surface area contributed by atoms with E-state index in [0.29, 0.717) is 42.3 Å². The molecule has 0 saturated carbocycles. The zero-order valence-electron chi connectivity index (χ0n) is 20.6. The van der Waals surface area contributed by atoms with Crippen LogP contribution in [0.25, 0.3) is 5.65 Å². The zero-order valence-corrected chi connectivity index (χ0v) is 21.3. The van der Waals surface area contributed by atoms with E-state index in [2.05, 4.69) is 25.5 Å². The van der Waals surface area contributed by atoms with Gasteiger partial charge in [0.15, 0.2) is 5.65 Å². The molecular formula is C23H26ClN9O4. The van der Waals surface area contributed by atoms with E-state index in [-0.39, 0.29) is 23.9 Å². The van der Waals surface area contributed by atoms with Crippen molar-refractivity contribution in [2.45, 2.75) is 51.7 Å². The number of aromatic amines is 1. The average Bonchev–Trinajstić information content (AvgIpc) is 3.65. The van der Waals surface area contributed by atoms with E-state index in [4.69, 9.17) is 16.3 Å². The van der Waals surface area contributed by atoms with Gasteiger partial charge in [0.25, 0.3) is 5.56 Å². The van der Waals surface area contributed by atoms with Gasteiger partial charge in [-0.25, -0.2) is 19.0 Å². The van der Waals surface area contributed by atoms with Gasteiger partial charge in [-0.15, -0.1) is 5.10 Å². The monoisotopic (exact) mass is 527 g/mol. The number of carbonyl (C=O) groups excluding carboxylic acids is 2. The van der Waals surface area contributed by atoms with Gasteiger partial charge in [-0.3, -0.25) is 19.4 Å². The second kappa shape index (κ2) is 9.81. The number of aryl methyl sites for hydroxylation is 2. The molecule has 1 aliphatic heterocycles. The lowest BCUT2D eigenvalue weighted by Crippen LogP contribution is -2.41. The van der Waals surface area contributed by atoms with Gasteiger partial charge in [0.1, 0.15) is 11.7 Å². The van der Waals surface area contributed by atoms with Crippen molar-refractivity contribution in [1.82, 2.24) is 44.3 Å². The van der Waals surface area contributed by atoms with Crippen molar-refractivity contribution >= 4 is 29.1 Å². The van der Waals surface area contributed by atoms with E-state index in [1.165, 1.54) is 13.2 Å². The number of likely N-dealkylation sites (tertiary alicyclic amines) is 1. The van der Waals surface area contributed by atoms with Crippen molar-refractivity contribution in [3.05, 3.63) is 62.7 Å². The second-order valence-electron chi connectivity index (χ2n) is 9.10. The molecule has 2 atom stereocenters. The molecule has 0 aliphatic carbocycles. The van der Waals surface area contributed by atoms with Crippen LogP contribution >= 0.6 is 11.6 Å². The van der Waals surface area contributed by atoms with E-state index in [1.807, 2.05) is 13.8 Å². The minimum Gasteiger partial charge on any atom is -0.467 e. The number of aromatic nitrogens is 8. The summed E-state index contributed by atoms with van der Waals surface area (Å²) in [5.74, 6) is -0.646. The Hall–Kier alpha value is -4.00. The summed E-state index contributed by atoms with van der Waals surface area (Å²) in [7, 11) is 1.31. The summed E-state index contributed by atoms with van der Waals surface area (Å²) in [6, 6.07) is 0.477. The molecule has 14 heteroatoms. The van der Waals surface area contributed by atoms with E-state index in [9.17, 15) is 14.4 Å². The Balaban J connectivity index is 1.30. The molecule has 37 heavy (non-hydrogen) atoms. The smallest absolute Gasteiger partial charge is 0.328 e. The first kappa shape index (κ1) is 24.7. The van der Waals surface area contributed by atoms with Crippen molar-refractivity contribution < 1.29 is 14.3 Å². The summed E-state index contributed by atoms with van der Waals surface area (Å²) in [5, 5.41) is 15.8. The highest BCUT2D eigenvalue weighted by atomic mass is 35.5. The largest absolute Gasteiger partial charge is 0.467 e. The molecular weight excluding hydrogens is 502 g/mol. The number of hydrogen-bond donors (Lipinski definition) is 1. The van der Waals surface area contributed by atoms with Gasteiger partial charge in [0.2, 0.25) is 5.91 Å². The lowest BCUT2D eigenvalue weighted by molar-refractivity contribution is -0.150. The molecule has 5 heterocycles. The normalized spacial score (nSPS) is 17.6. The fourth-order valence-electron chi connectivity index (χ4n) is 4.89. The van der Waals surface area contributed by atoms with Crippen molar-refractivity contribution in [2.24, 2.45) is 0 Å². The van der Waals surface area contributed by atoms with Gasteiger partial charge in [-0.05, 0) is 25.8 Å². The van der Waals surface area contributed by atoms with Crippen molar-refractivity contribution in [1.29, 1.82) is 0 Å². The number of H-pyrrole nitrogens is 1. The highest BCUT2D eigenvalue weighted by Gasteiger charge is 2.41. The molecule has 1 saturated heterocycles. The van der Waals surface area contributed by atoms with Crippen LogP contribution in [0.1, 0.15) is 41.5 Å². The average molecular weight is 528 g/mol. The first-order valence-electron chi connectivity index (χ1n) is 11.8. The molecule has 5 rings (SSSR count). The number of rotatable bonds is 7. The Morgan fingerprint density at radius 2 is 2.08 bits per heavy atom. The van der Waals surface area contributed by atoms with Crippen LogP contribution in [-0.2, 0) is 27.3 Å². The number of carbonyl (C=O) groups is 2. The number of esters is 1. The molecule has 1 fully saturated rings. The number of amides is 1. The van der Waals surface area contributed by atoms with Crippen LogP contribution in [0.2, 0.25) is 5.02 Å². The Kier molecular flexibility index (Phi) is 6.54. The SMILES string of the molecule is COC(=O)[C@@H]1C[C@H](n2cc(Cn3cc(Cl)cn3)nn2)CN1C(=O)CCc1c(C)nc2cc(=O)[nH]n2c1C. The molecule has 1 aliphatic rings. The van der Waals surface area contributed by atoms with Crippen LogP contribution in [0, 0.1) is 13.8 Å². The number of fused-ring (bicyclic) bond motifs is 1. The Morgan fingerprint density at radius 1 is 1.27 bits per heavy atom. The number of nitrogens with one attached hydrogen (secondary N) is 1. The van der Waals surface area contributed by atoms with E-state index < -0.39 is 12.0 Å². The van der Waals surface area contributed by atoms with Gasteiger partial charge < -0.3 is 9.64 Å². The van der Waals surface area contributed by atoms with Crippen LogP contribution in [0.15, 0.2) is 29.5 Å². The van der Waals surface area contributed by atoms with E-state index in [0.717, 1.165) is 17.0 Å². The van der Waals surface area contributed by atoms with Gasteiger partial charge in [-0.1, -0.05) is 16.8 Å². The van der Waals surface area contributed by atoms with Gasteiger partial charge in [0.05, 0.1) is 37.1 Å². The Morgan fingerprint density at radius 3 is 2.81 bits per heavy atom. The molecule has 13 nitrogen and oxygen atoms in total. The first-order chi connectivity index (χ1) is 17.7. The highest BCUT2D eigenvalue weighted by molar-refractivity contribution is 6.30. The third-order valence-corrected chi connectivity index (χ3v) is 6.92. The molecule has 0 spiro atoms. The summed E-state index contributed by atoms with van der Waals surface area (Å²) in [6.07, 6.45) is 5.97. The van der Waals surface area contributed by atoms with E-state index in [1.54, 1.807) is 37.4 Å². The summed E-state index contributed by atoms with van der Waals surface area (Å²) in [4.78, 5) is 43.6. The standard InChI is InChI=1S/C23H26ClN9O4/c1-13-18(14(2)33-20(26-13)7-21(34)28-33)4-5-22(35)31-12-17(6-19(31)23(36)37-3)32-11-16(27-29-32)10-30-9-15(24)8-25-30/h7-9,11,17,19H,4-6,10,12H2,1-3H3,(H,28,34)/t17-,19-/m0/s1. The topological polar surface area (TPSA) is 145 Å². The molecule has 0 aromatic carbocycles. The number of ether oxygens (including phenoxy) is 1. The third-order valence-electron chi connectivity index (χ3n) is 6.72. The number of methoxy groups -OCH3 is 1. The fourth-order valence-corrected chi connectivity index (χ4v) is 5.04. The van der Waals surface area contributed by atoms with Crippen molar-refractivity contribution in [3.8, 4) is 0 Å². The molecule has 4 aromatic heterocycles. The Bertz CT molecular complexity index is 1530. The number of halogens is 1. The molecule has 4 aromatic rings. The maximum absolute atomic E-state index is 13.3. The molecule has 0 radical (unpaired) electrons. The maximum Gasteiger partial charge on any atom is 0.328 e. The molecule has 1 N–H and O–H groups in total. The lowest BCUT2D eigenvalue weighted by Gasteiger charge is -2.23. The van der Waals surface area contributed by atoms with Crippen molar-refractivity contribution in [3.63, 3.8) is 0 Å². The van der Waals surface area contributed by atoms with Gasteiger partial charge >= 0.3 is 5.97 Å². The van der Waals surface area contributed by atoms with Crippen LogP contribution < -0.4 is 5.56 Å². The summed E-state index contributed by atoms with van der Waals surface area (Å²) < 4.78 is 9.94. The minimum atomic E-state index is -0.719. The first-order valence-corrected chi connectivity index (χ1v) is 12.1. The summed E-state index contributed by atoms with van der Waals surface area (Å²) >= 11 is 5.92. The fraction of sp³-hybridized carbons (Fsp3) is 0.435. The van der Waals surface area contributed by atoms with Crippen LogP contribution in [0.3, 0.4) is 0 Å². The Labute approximate surface area is 216 Å². The highest BCUT2D eigenvalue weighted by Crippen LogP contribution is 2.29. The van der Waals surface area contributed by atoms with Crippen molar-refractivity contribution in [2.75, 3.05) is 13.7 Å². The summed E-state index contributed by atoms with van der Waals surface area (Å²) in [6.45, 7) is 4.43. The quantitative estimate of drug-likeness (QED) is 0.351. The molecule has 1 amide bonds. The van der Waals surface area contributed by atoms with Crippen LogP contribution in [0.5, 0.6) is 0 Å². The van der Waals surface area contributed by atoms with E-state index >= 15 is 0 Å². The predicted molar refractivity (Wildman–Crippen MR) is 131 cm³/mol. The minimum absolute atomic E-state index is 0.170. The maximum atomic E-state index is 13.3. The van der Waals surface area contributed by atoms with Gasteiger partial charge in [-0.2, -0.15) is 5.10 Å². The second-order valence-corrected chi connectivity index (χ2v) is 9.53. The van der Waals surface area contributed by atoms with Crippen LogP contribution in [-0.4, -0.2) is 75.8 Å². The number of hydrogen-bond acceptors (Lipinski definition) is 8. The van der Waals surface area contributed by atoms with Crippen LogP contribution in [0.4, 0.5) is 0 Å². The molecule has 194 valence electrons. The molecule has 0 bridgehead atoms. The van der Waals surface area contributed by atoms with Gasteiger partial charge in [0, 0.05) is 43.0 Å². The zero-order chi connectivity index (χ0) is 26.3. The lowest BCUT2D eigenvalue weighted by atomic mass is 10.1. The third kappa shape index (κ3) is 4.86. The predicted octanol–water partition coefficient (Wildman–Crippen LogP) is 1.08. The molecule has 0 unspecified atom stereocenters. The number of nitrogens with zero attached hydrogens (tertiary/aromatic N) is 8.